The Labute approximate surface area is 158 Å². The molecule has 5 heteroatoms. The van der Waals surface area contributed by atoms with E-state index in [4.69, 9.17) is 9.47 Å². The number of amides is 1. The number of carbonyl (C=O) groups excluding carboxylic acids is 1. The van der Waals surface area contributed by atoms with Crippen molar-refractivity contribution in [2.24, 2.45) is 0 Å². The summed E-state index contributed by atoms with van der Waals surface area (Å²) in [6.07, 6.45) is 2.55. The van der Waals surface area contributed by atoms with Crippen molar-refractivity contribution in [3.05, 3.63) is 66.4 Å². The summed E-state index contributed by atoms with van der Waals surface area (Å²) in [5.41, 5.74) is 2.99. The van der Waals surface area contributed by atoms with Crippen LogP contribution in [0.3, 0.4) is 0 Å². The molecule has 0 spiro atoms. The number of morpholine rings is 1. The van der Waals surface area contributed by atoms with Crippen LogP contribution in [0.25, 0.3) is 10.9 Å². The fraction of sp³-hybridized carbons (Fsp3) is 0.273. The fourth-order valence-corrected chi connectivity index (χ4v) is 3.26. The summed E-state index contributed by atoms with van der Waals surface area (Å²) in [5.74, 6) is 0.703. The van der Waals surface area contributed by atoms with Gasteiger partial charge in [-0.2, -0.15) is 0 Å². The summed E-state index contributed by atoms with van der Waals surface area (Å²) >= 11 is 0. The average Bonchev–Trinajstić information content (AvgIpc) is 2.73. The van der Waals surface area contributed by atoms with E-state index >= 15 is 0 Å². The Morgan fingerprint density at radius 2 is 1.96 bits per heavy atom. The van der Waals surface area contributed by atoms with Crippen LogP contribution in [0.1, 0.15) is 12.5 Å². The summed E-state index contributed by atoms with van der Waals surface area (Å²) in [4.78, 5) is 18.5. The van der Waals surface area contributed by atoms with Crippen LogP contribution in [0.2, 0.25) is 0 Å². The fourth-order valence-electron chi connectivity index (χ4n) is 3.26. The maximum atomic E-state index is 12.3. The largest absolute Gasteiger partial charge is 0.489 e. The van der Waals surface area contributed by atoms with Crippen LogP contribution >= 0.6 is 0 Å². The lowest BCUT2D eigenvalue weighted by Gasteiger charge is -2.32. The lowest BCUT2D eigenvalue weighted by molar-refractivity contribution is -0.130. The Kier molecular flexibility index (Phi) is 5.03. The number of fused-ring (bicyclic) bond motifs is 1. The molecule has 1 aliphatic heterocycles. The van der Waals surface area contributed by atoms with Crippen LogP contribution < -0.4 is 9.64 Å². The quantitative estimate of drug-likeness (QED) is 0.696. The van der Waals surface area contributed by atoms with Gasteiger partial charge >= 0.3 is 0 Å². The van der Waals surface area contributed by atoms with Gasteiger partial charge in [0, 0.05) is 17.3 Å². The van der Waals surface area contributed by atoms with E-state index in [9.17, 15) is 4.79 Å². The minimum Gasteiger partial charge on any atom is -0.489 e. The maximum Gasteiger partial charge on any atom is 0.253 e. The van der Waals surface area contributed by atoms with Crippen molar-refractivity contribution in [1.29, 1.82) is 0 Å². The highest BCUT2D eigenvalue weighted by molar-refractivity contribution is 5.95. The van der Waals surface area contributed by atoms with Crippen molar-refractivity contribution >= 4 is 22.5 Å². The van der Waals surface area contributed by atoms with E-state index in [1.54, 1.807) is 11.1 Å². The van der Waals surface area contributed by atoms with Crippen LogP contribution in [0.15, 0.2) is 60.8 Å². The zero-order valence-electron chi connectivity index (χ0n) is 15.3. The molecule has 2 aromatic carbocycles. The molecule has 1 atom stereocenters. The van der Waals surface area contributed by atoms with Gasteiger partial charge in [-0.1, -0.05) is 37.3 Å². The third-order valence-electron chi connectivity index (χ3n) is 4.81. The number of carbonyl (C=O) groups is 1. The Morgan fingerprint density at radius 1 is 1.15 bits per heavy atom. The van der Waals surface area contributed by atoms with Gasteiger partial charge in [0.15, 0.2) is 0 Å². The highest BCUT2D eigenvalue weighted by atomic mass is 16.5. The predicted octanol–water partition coefficient (Wildman–Crippen LogP) is 3.61. The number of aryl methyl sites for hydroxylation is 1. The third-order valence-corrected chi connectivity index (χ3v) is 4.81. The molecule has 27 heavy (non-hydrogen) atoms. The van der Waals surface area contributed by atoms with Gasteiger partial charge in [0.25, 0.3) is 5.91 Å². The summed E-state index contributed by atoms with van der Waals surface area (Å²) in [5, 5.41) is 1.03. The molecule has 2 heterocycles. The second-order valence-corrected chi connectivity index (χ2v) is 6.60. The number of hydrogen-bond donors (Lipinski definition) is 0. The van der Waals surface area contributed by atoms with Crippen LogP contribution in [0, 0.1) is 0 Å². The standard InChI is InChI=1S/C22H22N2O3/c1-2-16-8-10-18(11-9-16)24-13-19(26-15-21(24)25)14-27-20-7-3-5-17-6-4-12-23-22(17)20/h3-12,19H,2,13-15H2,1H3/t19-/m0/s1. The zero-order valence-corrected chi connectivity index (χ0v) is 15.3. The normalized spacial score (nSPS) is 17.3. The number of aromatic nitrogens is 1. The number of para-hydroxylation sites is 1. The van der Waals surface area contributed by atoms with Gasteiger partial charge in [-0.25, -0.2) is 0 Å². The number of nitrogens with zero attached hydrogens (tertiary/aromatic N) is 2. The molecule has 4 rings (SSSR count). The maximum absolute atomic E-state index is 12.3. The number of benzene rings is 2. The van der Waals surface area contributed by atoms with Crippen molar-refractivity contribution in [3.8, 4) is 5.75 Å². The highest BCUT2D eigenvalue weighted by Gasteiger charge is 2.28. The number of hydrogen-bond acceptors (Lipinski definition) is 4. The summed E-state index contributed by atoms with van der Waals surface area (Å²) in [7, 11) is 0. The molecule has 0 bridgehead atoms. The minimum absolute atomic E-state index is 0.0256. The Hall–Kier alpha value is -2.92. The summed E-state index contributed by atoms with van der Waals surface area (Å²) in [6.45, 7) is 3.02. The van der Waals surface area contributed by atoms with Gasteiger partial charge in [0.1, 0.15) is 30.6 Å². The Balaban J connectivity index is 1.45. The minimum atomic E-state index is -0.187. The highest BCUT2D eigenvalue weighted by Crippen LogP contribution is 2.24. The van der Waals surface area contributed by atoms with Crippen molar-refractivity contribution in [2.75, 3.05) is 24.7 Å². The molecule has 0 aliphatic carbocycles. The molecule has 1 aliphatic rings. The van der Waals surface area contributed by atoms with Gasteiger partial charge < -0.3 is 14.4 Å². The second kappa shape index (κ2) is 7.76. The van der Waals surface area contributed by atoms with E-state index in [0.29, 0.717) is 13.2 Å². The van der Waals surface area contributed by atoms with Crippen LogP contribution in [-0.4, -0.2) is 36.8 Å². The molecule has 138 valence electrons. The molecular formula is C22H22N2O3. The summed E-state index contributed by atoms with van der Waals surface area (Å²) < 4.78 is 11.7. The van der Waals surface area contributed by atoms with E-state index in [1.165, 1.54) is 5.56 Å². The van der Waals surface area contributed by atoms with Crippen LogP contribution in [-0.2, 0) is 16.0 Å². The molecule has 1 amide bonds. The van der Waals surface area contributed by atoms with Crippen LogP contribution in [0.4, 0.5) is 5.69 Å². The van der Waals surface area contributed by atoms with Crippen molar-refractivity contribution in [1.82, 2.24) is 4.98 Å². The SMILES string of the molecule is CCc1ccc(N2C[C@@H](COc3cccc4cccnc34)OCC2=O)cc1. The van der Waals surface area contributed by atoms with E-state index in [0.717, 1.165) is 28.8 Å². The first-order valence-corrected chi connectivity index (χ1v) is 9.22. The van der Waals surface area contributed by atoms with Gasteiger partial charge in [0.2, 0.25) is 0 Å². The first-order chi connectivity index (χ1) is 13.2. The molecule has 1 fully saturated rings. The van der Waals surface area contributed by atoms with Gasteiger partial charge in [-0.15, -0.1) is 0 Å². The van der Waals surface area contributed by atoms with Gasteiger partial charge in [-0.3, -0.25) is 9.78 Å². The Morgan fingerprint density at radius 3 is 2.78 bits per heavy atom. The number of pyridine rings is 1. The van der Waals surface area contributed by atoms with Gasteiger partial charge in [0.05, 0.1) is 6.54 Å². The zero-order chi connectivity index (χ0) is 18.6. The molecule has 5 nitrogen and oxygen atoms in total. The molecule has 0 radical (unpaired) electrons. The smallest absolute Gasteiger partial charge is 0.253 e. The molecule has 1 aromatic heterocycles. The molecule has 0 unspecified atom stereocenters. The van der Waals surface area contributed by atoms with E-state index < -0.39 is 0 Å². The van der Waals surface area contributed by atoms with E-state index in [-0.39, 0.29) is 18.6 Å². The van der Waals surface area contributed by atoms with Crippen molar-refractivity contribution in [3.63, 3.8) is 0 Å². The third kappa shape index (κ3) is 3.78. The van der Waals surface area contributed by atoms with E-state index in [2.05, 4.69) is 24.0 Å². The topological polar surface area (TPSA) is 51.7 Å². The molecular weight excluding hydrogens is 340 g/mol. The Bertz CT molecular complexity index is 934. The predicted molar refractivity (Wildman–Crippen MR) is 105 cm³/mol. The molecule has 0 saturated carbocycles. The number of rotatable bonds is 5. The van der Waals surface area contributed by atoms with Crippen molar-refractivity contribution < 1.29 is 14.3 Å². The summed E-state index contributed by atoms with van der Waals surface area (Å²) in [6, 6.07) is 17.9. The molecule has 0 N–H and O–H groups in total. The van der Waals surface area contributed by atoms with E-state index in [1.807, 2.05) is 42.5 Å². The average molecular weight is 362 g/mol. The first-order valence-electron chi connectivity index (χ1n) is 9.22. The lowest BCUT2D eigenvalue weighted by Crippen LogP contribution is -2.48. The second-order valence-electron chi connectivity index (χ2n) is 6.60. The lowest BCUT2D eigenvalue weighted by atomic mass is 10.1. The van der Waals surface area contributed by atoms with Crippen molar-refractivity contribution in [2.45, 2.75) is 19.4 Å². The first kappa shape index (κ1) is 17.5. The van der Waals surface area contributed by atoms with Gasteiger partial charge in [-0.05, 0) is 36.2 Å². The molecule has 3 aromatic rings. The number of anilines is 1. The monoisotopic (exact) mass is 362 g/mol. The van der Waals surface area contributed by atoms with Crippen LogP contribution in [0.5, 0.6) is 5.75 Å². The molecule has 1 saturated heterocycles. The number of ether oxygens (including phenoxy) is 2.